The molecule has 0 aromatic heterocycles. The van der Waals surface area contributed by atoms with E-state index in [0.717, 1.165) is 29.5 Å². The van der Waals surface area contributed by atoms with E-state index in [2.05, 4.69) is 31.4 Å². The zero-order chi connectivity index (χ0) is 33.9. The van der Waals surface area contributed by atoms with Gasteiger partial charge in [-0.25, -0.2) is 4.79 Å². The fraction of sp³-hybridized carbons (Fsp3) is 0.447. The Balaban J connectivity index is 2.10. The molecule has 248 valence electrons. The third-order valence-corrected chi connectivity index (χ3v) is 7.80. The number of ether oxygens (including phenoxy) is 1. The maximum Gasteiger partial charge on any atom is 0.408 e. The fourth-order valence-corrected chi connectivity index (χ4v) is 5.27. The Hall–Kier alpha value is -4.33. The number of rotatable bonds is 14. The highest BCUT2D eigenvalue weighted by Gasteiger charge is 2.39. The van der Waals surface area contributed by atoms with E-state index in [1.165, 1.54) is 0 Å². The van der Waals surface area contributed by atoms with Gasteiger partial charge in [-0.2, -0.15) is 0 Å². The summed E-state index contributed by atoms with van der Waals surface area (Å²) in [6.07, 6.45) is 1.76. The van der Waals surface area contributed by atoms with Gasteiger partial charge in [0, 0.05) is 19.0 Å². The lowest BCUT2D eigenvalue weighted by Crippen LogP contribution is -2.56. The van der Waals surface area contributed by atoms with Gasteiger partial charge in [-0.05, 0) is 87.3 Å². The summed E-state index contributed by atoms with van der Waals surface area (Å²) in [5.41, 5.74) is 2.71. The maximum atomic E-state index is 14.8. The number of alkyl carbamates (subject to hydrolysis) is 1. The van der Waals surface area contributed by atoms with Crippen molar-refractivity contribution in [3.8, 4) is 5.75 Å². The Morgan fingerprint density at radius 3 is 2.00 bits per heavy atom. The molecule has 0 bridgehead atoms. The van der Waals surface area contributed by atoms with Crippen LogP contribution in [0.5, 0.6) is 5.75 Å². The van der Waals surface area contributed by atoms with E-state index in [1.54, 1.807) is 49.9 Å². The van der Waals surface area contributed by atoms with Gasteiger partial charge in [0.2, 0.25) is 11.8 Å². The van der Waals surface area contributed by atoms with Gasteiger partial charge in [0.25, 0.3) is 0 Å². The van der Waals surface area contributed by atoms with E-state index in [1.807, 2.05) is 61.5 Å². The molecule has 0 aliphatic heterocycles. The normalized spacial score (nSPS) is 13.4. The summed E-state index contributed by atoms with van der Waals surface area (Å²) < 4.78 is 5.56. The summed E-state index contributed by atoms with van der Waals surface area (Å²) in [6.45, 7) is 13.9. The number of phenolic OH excluding ortho intramolecular Hbond substituents is 1. The van der Waals surface area contributed by atoms with Gasteiger partial charge in [-0.15, -0.1) is 0 Å². The van der Waals surface area contributed by atoms with Crippen LogP contribution in [0, 0.1) is 5.92 Å². The van der Waals surface area contributed by atoms with Gasteiger partial charge in [0.1, 0.15) is 23.4 Å². The fourth-order valence-electron chi connectivity index (χ4n) is 5.27. The van der Waals surface area contributed by atoms with Crippen molar-refractivity contribution in [2.45, 2.75) is 104 Å². The maximum absolute atomic E-state index is 14.8. The second-order valence-corrected chi connectivity index (χ2v) is 13.3. The molecule has 3 amide bonds. The van der Waals surface area contributed by atoms with Crippen molar-refractivity contribution in [3.05, 3.63) is 101 Å². The van der Waals surface area contributed by atoms with Crippen LogP contribution >= 0.6 is 0 Å². The minimum absolute atomic E-state index is 0.0985. The third-order valence-electron chi connectivity index (χ3n) is 7.80. The first-order valence-corrected chi connectivity index (χ1v) is 16.3. The predicted molar refractivity (Wildman–Crippen MR) is 182 cm³/mol. The van der Waals surface area contributed by atoms with E-state index in [0.29, 0.717) is 24.4 Å². The molecular formula is C38H51N3O5. The Bertz CT molecular complexity index is 1400. The van der Waals surface area contributed by atoms with Crippen molar-refractivity contribution >= 4 is 17.9 Å². The van der Waals surface area contributed by atoms with Gasteiger partial charge in [0.15, 0.2) is 0 Å². The number of hydrogen-bond donors (Lipinski definition) is 3. The van der Waals surface area contributed by atoms with Gasteiger partial charge in [-0.1, -0.05) is 87.5 Å². The van der Waals surface area contributed by atoms with E-state index in [-0.39, 0.29) is 24.1 Å². The van der Waals surface area contributed by atoms with Crippen molar-refractivity contribution in [1.82, 2.24) is 15.5 Å². The minimum atomic E-state index is -1.04. The molecular weight excluding hydrogens is 578 g/mol. The van der Waals surface area contributed by atoms with Crippen LogP contribution in [0.3, 0.4) is 0 Å². The Morgan fingerprint density at radius 2 is 1.43 bits per heavy atom. The highest BCUT2D eigenvalue weighted by molar-refractivity contribution is 5.92. The standard InChI is InChI=1S/C38H51N3O5/c1-8-28-16-20-31(21-17-28)34(35(43)39-25-30-12-10-9-11-13-30)41(27(4)15-14-26(2)3)36(44)33(40-37(45)46-38(5,6)7)24-29-18-22-32(42)23-19-29/h9-13,16-23,26-27,33-34,42H,8,14-15,24-25H2,1-7H3,(H,39,43)(H,40,45). The lowest BCUT2D eigenvalue weighted by Gasteiger charge is -2.39. The summed E-state index contributed by atoms with van der Waals surface area (Å²) in [5, 5.41) is 15.7. The second-order valence-electron chi connectivity index (χ2n) is 13.3. The monoisotopic (exact) mass is 629 g/mol. The number of benzene rings is 3. The van der Waals surface area contributed by atoms with Crippen LogP contribution < -0.4 is 10.6 Å². The number of carbonyl (C=O) groups excluding carboxylic acids is 3. The van der Waals surface area contributed by atoms with E-state index in [9.17, 15) is 19.5 Å². The Morgan fingerprint density at radius 1 is 0.826 bits per heavy atom. The first kappa shape index (κ1) is 36.1. The summed E-state index contributed by atoms with van der Waals surface area (Å²) >= 11 is 0. The average Bonchev–Trinajstić information content (AvgIpc) is 3.01. The van der Waals surface area contributed by atoms with Crippen LogP contribution in [-0.2, 0) is 33.7 Å². The molecule has 0 spiro atoms. The topological polar surface area (TPSA) is 108 Å². The smallest absolute Gasteiger partial charge is 0.408 e. The Labute approximate surface area is 274 Å². The van der Waals surface area contributed by atoms with Crippen molar-refractivity contribution < 1.29 is 24.2 Å². The van der Waals surface area contributed by atoms with Crippen molar-refractivity contribution in [3.63, 3.8) is 0 Å². The van der Waals surface area contributed by atoms with E-state index >= 15 is 0 Å². The molecule has 0 saturated heterocycles. The highest BCUT2D eigenvalue weighted by atomic mass is 16.6. The summed E-state index contributed by atoms with van der Waals surface area (Å²) in [5.74, 6) is -0.212. The van der Waals surface area contributed by atoms with Gasteiger partial charge < -0.3 is 25.4 Å². The number of hydrogen-bond acceptors (Lipinski definition) is 5. The van der Waals surface area contributed by atoms with Crippen LogP contribution in [-0.4, -0.2) is 45.6 Å². The molecule has 3 aromatic carbocycles. The van der Waals surface area contributed by atoms with Crippen LogP contribution in [0.1, 0.15) is 89.6 Å². The SMILES string of the molecule is CCc1ccc(C(C(=O)NCc2ccccc2)N(C(=O)C(Cc2ccc(O)cc2)NC(=O)OC(C)(C)C)C(C)CCC(C)C)cc1. The first-order chi connectivity index (χ1) is 21.8. The molecule has 0 aliphatic rings. The number of nitrogens with one attached hydrogen (secondary N) is 2. The number of phenols is 1. The Kier molecular flexibility index (Phi) is 13.2. The molecule has 0 fully saturated rings. The first-order valence-electron chi connectivity index (χ1n) is 16.3. The molecule has 8 nitrogen and oxygen atoms in total. The van der Waals surface area contributed by atoms with Gasteiger partial charge in [0.05, 0.1) is 0 Å². The lowest BCUT2D eigenvalue weighted by molar-refractivity contribution is -0.145. The quantitative estimate of drug-likeness (QED) is 0.176. The van der Waals surface area contributed by atoms with Crippen molar-refractivity contribution in [2.75, 3.05) is 0 Å². The molecule has 0 aliphatic carbocycles. The van der Waals surface area contributed by atoms with Crippen molar-refractivity contribution in [2.24, 2.45) is 5.92 Å². The molecule has 46 heavy (non-hydrogen) atoms. The number of aromatic hydroxyl groups is 1. The predicted octanol–water partition coefficient (Wildman–Crippen LogP) is 7.10. The third kappa shape index (κ3) is 11.2. The summed E-state index contributed by atoms with van der Waals surface area (Å²) in [7, 11) is 0. The molecule has 3 unspecified atom stereocenters. The minimum Gasteiger partial charge on any atom is -0.508 e. The zero-order valence-corrected chi connectivity index (χ0v) is 28.4. The largest absolute Gasteiger partial charge is 0.508 e. The number of nitrogens with zero attached hydrogens (tertiary/aromatic N) is 1. The average molecular weight is 630 g/mol. The highest BCUT2D eigenvalue weighted by Crippen LogP contribution is 2.29. The molecule has 0 radical (unpaired) electrons. The second kappa shape index (κ2) is 16.8. The molecule has 3 rings (SSSR count). The number of aryl methyl sites for hydroxylation is 1. The van der Waals surface area contributed by atoms with Gasteiger partial charge in [-0.3, -0.25) is 9.59 Å². The lowest BCUT2D eigenvalue weighted by atomic mass is 9.95. The van der Waals surface area contributed by atoms with E-state index in [4.69, 9.17) is 4.74 Å². The van der Waals surface area contributed by atoms with Gasteiger partial charge >= 0.3 is 6.09 Å². The molecule has 3 N–H and O–H groups in total. The molecule has 0 saturated carbocycles. The summed E-state index contributed by atoms with van der Waals surface area (Å²) in [6, 6.07) is 21.6. The van der Waals surface area contributed by atoms with Crippen LogP contribution in [0.2, 0.25) is 0 Å². The number of amides is 3. The van der Waals surface area contributed by atoms with E-state index < -0.39 is 29.7 Å². The molecule has 3 aromatic rings. The molecule has 8 heteroatoms. The molecule has 0 heterocycles. The van der Waals surface area contributed by atoms with Crippen LogP contribution in [0.25, 0.3) is 0 Å². The number of carbonyl (C=O) groups is 3. The van der Waals surface area contributed by atoms with Crippen molar-refractivity contribution in [1.29, 1.82) is 0 Å². The van der Waals surface area contributed by atoms with Crippen LogP contribution in [0.15, 0.2) is 78.9 Å². The molecule has 3 atom stereocenters. The summed E-state index contributed by atoms with van der Waals surface area (Å²) in [4.78, 5) is 43.8. The van der Waals surface area contributed by atoms with Crippen LogP contribution in [0.4, 0.5) is 4.79 Å². The zero-order valence-electron chi connectivity index (χ0n) is 28.4.